The summed E-state index contributed by atoms with van der Waals surface area (Å²) in [6, 6.07) is 3.25. The summed E-state index contributed by atoms with van der Waals surface area (Å²) in [7, 11) is 0. The number of carbonyl (C=O) groups excluding carboxylic acids is 1. The second kappa shape index (κ2) is 4.63. The Labute approximate surface area is 85.9 Å². The number of nitro groups is 1. The third-order valence-corrected chi connectivity index (χ3v) is 2.01. The molecule has 1 aromatic rings. The van der Waals surface area contributed by atoms with Gasteiger partial charge in [0.1, 0.15) is 12.1 Å². The van der Waals surface area contributed by atoms with Crippen molar-refractivity contribution in [2.45, 2.75) is 13.3 Å². The lowest BCUT2D eigenvalue weighted by molar-refractivity contribution is -0.385. The summed E-state index contributed by atoms with van der Waals surface area (Å²) < 4.78 is 13.2. The molecule has 0 saturated heterocycles. The Bertz CT molecular complexity index is 392. The van der Waals surface area contributed by atoms with Gasteiger partial charge in [-0.05, 0) is 6.07 Å². The van der Waals surface area contributed by atoms with Crippen molar-refractivity contribution in [1.29, 1.82) is 0 Å². The van der Waals surface area contributed by atoms with Crippen LogP contribution in [0.4, 0.5) is 10.1 Å². The number of hydrogen-bond acceptors (Lipinski definition) is 3. The van der Waals surface area contributed by atoms with Crippen molar-refractivity contribution in [2.24, 2.45) is 0 Å². The van der Waals surface area contributed by atoms with E-state index in [2.05, 4.69) is 0 Å². The summed E-state index contributed by atoms with van der Waals surface area (Å²) in [5.74, 6) is -0.0776. The van der Waals surface area contributed by atoms with Gasteiger partial charge in [0, 0.05) is 30.0 Å². The Balaban J connectivity index is 3.09. The van der Waals surface area contributed by atoms with Gasteiger partial charge in [0.05, 0.1) is 4.92 Å². The lowest BCUT2D eigenvalue weighted by Crippen LogP contribution is -2.00. The van der Waals surface area contributed by atoms with Gasteiger partial charge in [-0.25, -0.2) is 4.39 Å². The zero-order chi connectivity index (χ0) is 11.4. The van der Waals surface area contributed by atoms with Crippen molar-refractivity contribution < 1.29 is 14.1 Å². The predicted octanol–water partition coefficient (Wildman–Crippen LogP) is 2.27. The molecule has 1 radical (unpaired) electrons. The van der Waals surface area contributed by atoms with Gasteiger partial charge in [-0.1, -0.05) is 6.92 Å². The molecule has 5 heteroatoms. The maximum atomic E-state index is 13.2. The first kappa shape index (κ1) is 11.3. The van der Waals surface area contributed by atoms with E-state index in [0.717, 1.165) is 18.2 Å². The lowest BCUT2D eigenvalue weighted by Gasteiger charge is -2.07. The highest BCUT2D eigenvalue weighted by molar-refractivity contribution is 5.56. The Morgan fingerprint density at radius 3 is 2.80 bits per heavy atom. The van der Waals surface area contributed by atoms with Crippen LogP contribution in [0.2, 0.25) is 0 Å². The van der Waals surface area contributed by atoms with E-state index in [1.165, 1.54) is 0 Å². The molecule has 0 fully saturated rings. The average Bonchev–Trinajstić information content (AvgIpc) is 2.18. The van der Waals surface area contributed by atoms with Crippen LogP contribution < -0.4 is 0 Å². The van der Waals surface area contributed by atoms with Gasteiger partial charge in [0.15, 0.2) is 0 Å². The molecule has 4 nitrogen and oxygen atoms in total. The fourth-order valence-corrected chi connectivity index (χ4v) is 1.19. The molecular formula is C10H9FNO3. The molecule has 0 bridgehead atoms. The Kier molecular flexibility index (Phi) is 3.49. The maximum absolute atomic E-state index is 13.2. The van der Waals surface area contributed by atoms with Crippen molar-refractivity contribution in [3.63, 3.8) is 0 Å². The molecule has 0 N–H and O–H groups in total. The largest absolute Gasteiger partial charge is 0.303 e. The number of nitrogens with zero attached hydrogens (tertiary/aromatic N) is 1. The van der Waals surface area contributed by atoms with Crippen LogP contribution in [-0.2, 0) is 4.79 Å². The summed E-state index contributed by atoms with van der Waals surface area (Å²) in [4.78, 5) is 20.1. The van der Waals surface area contributed by atoms with E-state index in [-0.39, 0.29) is 17.7 Å². The van der Waals surface area contributed by atoms with Crippen molar-refractivity contribution in [2.75, 3.05) is 0 Å². The second-order valence-electron chi connectivity index (χ2n) is 3.07. The normalized spacial score (nSPS) is 10.3. The highest BCUT2D eigenvalue weighted by atomic mass is 19.1. The number of benzene rings is 1. The van der Waals surface area contributed by atoms with E-state index >= 15 is 0 Å². The van der Waals surface area contributed by atoms with E-state index in [9.17, 15) is 19.3 Å². The van der Waals surface area contributed by atoms with Crippen LogP contribution in [0.1, 0.15) is 18.9 Å². The summed E-state index contributed by atoms with van der Waals surface area (Å²) in [5, 5.41) is 10.4. The zero-order valence-corrected chi connectivity index (χ0v) is 8.07. The number of halogens is 1. The number of non-ortho nitro benzene ring substituents is 1. The Morgan fingerprint density at radius 2 is 2.27 bits per heavy atom. The molecule has 79 valence electrons. The van der Waals surface area contributed by atoms with Crippen LogP contribution in [0, 0.1) is 21.8 Å². The molecule has 0 unspecified atom stereocenters. The van der Waals surface area contributed by atoms with Crippen LogP contribution in [0.15, 0.2) is 18.2 Å². The summed E-state index contributed by atoms with van der Waals surface area (Å²) in [6.07, 6.45) is 0.700. The molecule has 1 aromatic carbocycles. The van der Waals surface area contributed by atoms with Gasteiger partial charge in [0.25, 0.3) is 5.69 Å². The fourth-order valence-electron chi connectivity index (χ4n) is 1.19. The first-order valence-electron chi connectivity index (χ1n) is 4.26. The molecular weight excluding hydrogens is 201 g/mol. The minimum atomic E-state index is -0.600. The Hall–Kier alpha value is -1.78. The van der Waals surface area contributed by atoms with Gasteiger partial charge in [0.2, 0.25) is 0 Å². The van der Waals surface area contributed by atoms with Crippen LogP contribution in [-0.4, -0.2) is 11.2 Å². The summed E-state index contributed by atoms with van der Waals surface area (Å²) in [5.41, 5.74) is -0.0621. The smallest absolute Gasteiger partial charge is 0.269 e. The lowest BCUT2D eigenvalue weighted by atomic mass is 9.97. The van der Waals surface area contributed by atoms with Crippen LogP contribution in [0.3, 0.4) is 0 Å². The first-order chi connectivity index (χ1) is 7.06. The molecule has 0 aliphatic heterocycles. The van der Waals surface area contributed by atoms with E-state index in [0.29, 0.717) is 12.2 Å². The molecule has 0 atom stereocenters. The number of aldehydes is 1. The SMILES string of the molecule is C[C](CC=O)c1cc([N+](=O)[O-])ccc1F. The minimum absolute atomic E-state index is 0.0675. The molecule has 15 heavy (non-hydrogen) atoms. The van der Waals surface area contributed by atoms with E-state index in [1.807, 2.05) is 0 Å². The van der Waals surface area contributed by atoms with Gasteiger partial charge >= 0.3 is 0 Å². The molecule has 0 aliphatic rings. The monoisotopic (exact) mass is 210 g/mol. The van der Waals surface area contributed by atoms with Gasteiger partial charge in [-0.3, -0.25) is 10.1 Å². The molecule has 0 saturated carbocycles. The quantitative estimate of drug-likeness (QED) is 0.435. The standard InChI is InChI=1S/C10H9FNO3/c1-7(4-5-13)9-6-8(12(14)15)2-3-10(9)11/h2-3,5-6H,4H2,1H3. The molecule has 0 spiro atoms. The molecule has 0 amide bonds. The number of carbonyl (C=O) groups is 1. The predicted molar refractivity (Wildman–Crippen MR) is 51.8 cm³/mol. The van der Waals surface area contributed by atoms with Crippen LogP contribution in [0.5, 0.6) is 0 Å². The van der Waals surface area contributed by atoms with Gasteiger partial charge in [-0.2, -0.15) is 0 Å². The maximum Gasteiger partial charge on any atom is 0.269 e. The average molecular weight is 210 g/mol. The van der Waals surface area contributed by atoms with Crippen LogP contribution >= 0.6 is 0 Å². The number of hydrogen-bond donors (Lipinski definition) is 0. The van der Waals surface area contributed by atoms with Crippen molar-refractivity contribution in [3.8, 4) is 0 Å². The Morgan fingerprint density at radius 1 is 1.60 bits per heavy atom. The summed E-state index contributed by atoms with van der Waals surface area (Å²) in [6.45, 7) is 1.57. The number of rotatable bonds is 4. The third-order valence-electron chi connectivity index (χ3n) is 2.01. The van der Waals surface area contributed by atoms with Gasteiger partial charge < -0.3 is 4.79 Å². The molecule has 0 aliphatic carbocycles. The molecule has 0 aromatic heterocycles. The van der Waals surface area contributed by atoms with E-state index in [4.69, 9.17) is 0 Å². The molecule has 1 rings (SSSR count). The zero-order valence-electron chi connectivity index (χ0n) is 8.07. The minimum Gasteiger partial charge on any atom is -0.303 e. The van der Waals surface area contributed by atoms with E-state index in [1.54, 1.807) is 6.92 Å². The second-order valence-corrected chi connectivity index (χ2v) is 3.07. The number of nitro benzene ring substituents is 1. The van der Waals surface area contributed by atoms with Crippen molar-refractivity contribution in [3.05, 3.63) is 45.6 Å². The van der Waals surface area contributed by atoms with Crippen molar-refractivity contribution in [1.82, 2.24) is 0 Å². The first-order valence-corrected chi connectivity index (χ1v) is 4.26. The topological polar surface area (TPSA) is 60.2 Å². The highest BCUT2D eigenvalue weighted by Crippen LogP contribution is 2.24. The third kappa shape index (κ3) is 2.59. The fraction of sp³-hybridized carbons (Fsp3) is 0.200. The van der Waals surface area contributed by atoms with Gasteiger partial charge in [-0.15, -0.1) is 0 Å². The van der Waals surface area contributed by atoms with E-state index < -0.39 is 10.7 Å². The van der Waals surface area contributed by atoms with Crippen LogP contribution in [0.25, 0.3) is 0 Å². The highest BCUT2D eigenvalue weighted by Gasteiger charge is 2.15. The summed E-state index contributed by atoms with van der Waals surface area (Å²) >= 11 is 0. The molecule has 0 heterocycles. The van der Waals surface area contributed by atoms with Crippen molar-refractivity contribution >= 4 is 12.0 Å².